The third-order valence-corrected chi connectivity index (χ3v) is 7.07. The van der Waals surface area contributed by atoms with Crippen molar-refractivity contribution in [3.63, 3.8) is 0 Å². The fourth-order valence-corrected chi connectivity index (χ4v) is 4.99. The molecule has 0 bridgehead atoms. The van der Waals surface area contributed by atoms with Crippen molar-refractivity contribution in [2.24, 2.45) is 0 Å². The maximum atomic E-state index is 13.3. The van der Waals surface area contributed by atoms with E-state index in [4.69, 9.17) is 32.7 Å². The number of urea groups is 1. The smallest absolute Gasteiger partial charge is 0.335 e. The average Bonchev–Trinajstić information content (AvgIpc) is 2.94. The van der Waals surface area contributed by atoms with Gasteiger partial charge in [-0.2, -0.15) is 0 Å². The number of rotatable bonds is 8. The number of amides is 4. The maximum Gasteiger partial charge on any atom is 0.335 e. The van der Waals surface area contributed by atoms with Gasteiger partial charge in [0.1, 0.15) is 30.3 Å². The van der Waals surface area contributed by atoms with Crippen LogP contribution in [-0.2, 0) is 22.8 Å². The molecule has 1 aliphatic rings. The zero-order valence-corrected chi connectivity index (χ0v) is 24.3. The number of halogens is 2. The van der Waals surface area contributed by atoms with Gasteiger partial charge in [0.05, 0.1) is 5.69 Å². The van der Waals surface area contributed by atoms with Crippen LogP contribution in [0.15, 0.2) is 90.5 Å². The number of nitrogens with zero attached hydrogens (tertiary/aromatic N) is 1. The highest BCUT2D eigenvalue weighted by molar-refractivity contribution is 6.39. The highest BCUT2D eigenvalue weighted by atomic mass is 35.5. The minimum atomic E-state index is -0.834. The molecule has 1 fully saturated rings. The molecule has 1 aliphatic heterocycles. The normalized spacial score (nSPS) is 14.2. The number of hydrogen-bond acceptors (Lipinski definition) is 5. The molecule has 7 nitrogen and oxygen atoms in total. The Morgan fingerprint density at radius 1 is 0.762 bits per heavy atom. The molecule has 9 heteroatoms. The van der Waals surface area contributed by atoms with E-state index in [2.05, 4.69) is 23.5 Å². The Bertz CT molecular complexity index is 1680. The Balaban J connectivity index is 1.26. The van der Waals surface area contributed by atoms with E-state index in [0.717, 1.165) is 16.0 Å². The summed E-state index contributed by atoms with van der Waals surface area (Å²) in [6, 6.07) is 23.9. The molecule has 0 unspecified atom stereocenters. The molecule has 4 amide bonds. The van der Waals surface area contributed by atoms with E-state index in [1.54, 1.807) is 66.7 Å². The minimum Gasteiger partial charge on any atom is -0.489 e. The molecule has 212 valence electrons. The number of aryl methyl sites for hydroxylation is 2. The van der Waals surface area contributed by atoms with Crippen LogP contribution in [0.3, 0.4) is 0 Å². The summed E-state index contributed by atoms with van der Waals surface area (Å²) >= 11 is 12.1. The van der Waals surface area contributed by atoms with E-state index in [1.165, 1.54) is 17.2 Å². The number of carbonyl (C=O) groups is 3. The predicted octanol–water partition coefficient (Wildman–Crippen LogP) is 7.43. The van der Waals surface area contributed by atoms with Gasteiger partial charge in [-0.25, -0.2) is 9.69 Å². The summed E-state index contributed by atoms with van der Waals surface area (Å²) in [6.07, 6.45) is 1.44. The molecule has 0 saturated carbocycles. The van der Waals surface area contributed by atoms with Crippen LogP contribution in [0, 0.1) is 13.8 Å². The molecule has 1 N–H and O–H groups in total. The van der Waals surface area contributed by atoms with Gasteiger partial charge in [-0.05, 0) is 79.6 Å². The van der Waals surface area contributed by atoms with Crippen LogP contribution in [0.25, 0.3) is 6.08 Å². The Labute approximate surface area is 253 Å². The second kappa shape index (κ2) is 12.5. The monoisotopic (exact) mass is 600 g/mol. The summed E-state index contributed by atoms with van der Waals surface area (Å²) in [7, 11) is 0. The van der Waals surface area contributed by atoms with Gasteiger partial charge < -0.3 is 9.47 Å². The Morgan fingerprint density at radius 2 is 1.38 bits per heavy atom. The first-order valence-corrected chi connectivity index (χ1v) is 13.8. The van der Waals surface area contributed by atoms with Gasteiger partial charge in [0, 0.05) is 15.6 Å². The number of nitrogens with one attached hydrogen (secondary N) is 1. The Hall–Kier alpha value is -4.59. The van der Waals surface area contributed by atoms with E-state index in [-0.39, 0.29) is 17.9 Å². The van der Waals surface area contributed by atoms with Crippen LogP contribution in [0.5, 0.6) is 11.5 Å². The van der Waals surface area contributed by atoms with Crippen LogP contribution < -0.4 is 19.7 Å². The van der Waals surface area contributed by atoms with E-state index >= 15 is 0 Å². The zero-order valence-electron chi connectivity index (χ0n) is 22.8. The Kier molecular flexibility index (Phi) is 8.61. The molecule has 4 aromatic carbocycles. The lowest BCUT2D eigenvalue weighted by Crippen LogP contribution is -2.54. The molecule has 0 aliphatic carbocycles. The number of ether oxygens (including phenoxy) is 2. The molecular formula is C33H26Cl2N2O5. The quantitative estimate of drug-likeness (QED) is 0.168. The molecule has 5 rings (SSSR count). The van der Waals surface area contributed by atoms with Crippen molar-refractivity contribution in [3.8, 4) is 11.5 Å². The van der Waals surface area contributed by atoms with E-state index in [1.807, 2.05) is 13.8 Å². The third-order valence-electron chi connectivity index (χ3n) is 6.48. The van der Waals surface area contributed by atoms with Gasteiger partial charge in [0.25, 0.3) is 11.8 Å². The summed E-state index contributed by atoms with van der Waals surface area (Å²) in [5.41, 5.74) is 4.87. The second-order valence-electron chi connectivity index (χ2n) is 9.83. The SMILES string of the molecule is Cc1cc(C)cc(COc2ccc(/C=C3\C(=O)NC(=O)N(c4ccc(OCc5ccc(Cl)cc5Cl)cc4)C3=O)cc2)c1. The summed E-state index contributed by atoms with van der Waals surface area (Å²) < 4.78 is 11.7. The van der Waals surface area contributed by atoms with Gasteiger partial charge in [-0.1, -0.05) is 70.7 Å². The minimum absolute atomic E-state index is 0.170. The van der Waals surface area contributed by atoms with Gasteiger partial charge in [0.15, 0.2) is 0 Å². The van der Waals surface area contributed by atoms with Crippen LogP contribution in [0.4, 0.5) is 10.5 Å². The summed E-state index contributed by atoms with van der Waals surface area (Å²) in [5, 5.41) is 3.25. The lowest BCUT2D eigenvalue weighted by Gasteiger charge is -2.26. The first kappa shape index (κ1) is 28.9. The van der Waals surface area contributed by atoms with Gasteiger partial charge in [0.2, 0.25) is 0 Å². The number of barbiturate groups is 1. The highest BCUT2D eigenvalue weighted by Gasteiger charge is 2.36. The second-order valence-corrected chi connectivity index (χ2v) is 10.7. The van der Waals surface area contributed by atoms with Crippen LogP contribution >= 0.6 is 23.2 Å². The molecule has 0 spiro atoms. The predicted molar refractivity (Wildman–Crippen MR) is 163 cm³/mol. The van der Waals surface area contributed by atoms with E-state index in [9.17, 15) is 14.4 Å². The molecule has 42 heavy (non-hydrogen) atoms. The van der Waals surface area contributed by atoms with Gasteiger partial charge in [-0.3, -0.25) is 14.9 Å². The van der Waals surface area contributed by atoms with Crippen molar-refractivity contribution < 1.29 is 23.9 Å². The van der Waals surface area contributed by atoms with Crippen molar-refractivity contribution in [1.29, 1.82) is 0 Å². The lowest BCUT2D eigenvalue weighted by atomic mass is 10.1. The van der Waals surface area contributed by atoms with Gasteiger partial charge >= 0.3 is 6.03 Å². The highest BCUT2D eigenvalue weighted by Crippen LogP contribution is 2.27. The largest absolute Gasteiger partial charge is 0.489 e. The zero-order chi connectivity index (χ0) is 29.8. The van der Waals surface area contributed by atoms with E-state index < -0.39 is 17.8 Å². The van der Waals surface area contributed by atoms with Crippen molar-refractivity contribution in [3.05, 3.63) is 128 Å². The number of anilines is 1. The molecule has 0 aromatic heterocycles. The number of carbonyl (C=O) groups excluding carboxylic acids is 3. The molecular weight excluding hydrogens is 575 g/mol. The van der Waals surface area contributed by atoms with Gasteiger partial charge in [-0.15, -0.1) is 0 Å². The molecule has 1 saturated heterocycles. The van der Waals surface area contributed by atoms with Crippen molar-refractivity contribution in [2.75, 3.05) is 4.90 Å². The molecule has 0 atom stereocenters. The summed E-state index contributed by atoms with van der Waals surface area (Å²) in [5.74, 6) is -0.355. The van der Waals surface area contributed by atoms with Crippen LogP contribution in [0.1, 0.15) is 27.8 Å². The number of benzene rings is 4. The van der Waals surface area contributed by atoms with E-state index in [0.29, 0.717) is 33.7 Å². The first-order chi connectivity index (χ1) is 20.2. The Morgan fingerprint density at radius 3 is 2.02 bits per heavy atom. The average molecular weight is 601 g/mol. The lowest BCUT2D eigenvalue weighted by molar-refractivity contribution is -0.122. The standard InChI is InChI=1S/C33H26Cl2N2O5/c1-20-13-21(2)15-23(14-20)18-41-27-9-3-22(4-10-27)16-29-31(38)36-33(40)37(32(29)39)26-7-11-28(12-8-26)42-19-24-5-6-25(34)17-30(24)35/h3-17H,18-19H2,1-2H3,(H,36,38,40)/b29-16+. The number of hydrogen-bond donors (Lipinski definition) is 1. The summed E-state index contributed by atoms with van der Waals surface area (Å²) in [4.78, 5) is 39.4. The van der Waals surface area contributed by atoms with Crippen LogP contribution in [0.2, 0.25) is 10.0 Å². The fourth-order valence-electron chi connectivity index (χ4n) is 4.53. The first-order valence-electron chi connectivity index (χ1n) is 13.0. The maximum absolute atomic E-state index is 13.3. The molecule has 1 heterocycles. The third kappa shape index (κ3) is 6.82. The molecule has 0 radical (unpaired) electrons. The summed E-state index contributed by atoms with van der Waals surface area (Å²) in [6.45, 7) is 4.70. The topological polar surface area (TPSA) is 84.9 Å². The molecule has 4 aromatic rings. The fraction of sp³-hybridized carbons (Fsp3) is 0.121. The van der Waals surface area contributed by atoms with Crippen molar-refractivity contribution in [2.45, 2.75) is 27.1 Å². The van der Waals surface area contributed by atoms with Crippen molar-refractivity contribution >= 4 is 52.8 Å². The van der Waals surface area contributed by atoms with Crippen LogP contribution in [-0.4, -0.2) is 17.8 Å². The van der Waals surface area contributed by atoms with Crippen molar-refractivity contribution in [1.82, 2.24) is 5.32 Å². The number of imide groups is 2.